The molecular formula is C15H21NO4. The molecular weight excluding hydrogens is 258 g/mol. The fourth-order valence-corrected chi connectivity index (χ4v) is 1.74. The molecule has 0 saturated heterocycles. The summed E-state index contributed by atoms with van der Waals surface area (Å²) in [5, 5.41) is 8.47. The van der Waals surface area contributed by atoms with Crippen LogP contribution in [0.25, 0.3) is 0 Å². The number of nitrogens with one attached hydrogen (secondary N) is 1. The number of carbonyl (C=O) groups is 2. The lowest BCUT2D eigenvalue weighted by Gasteiger charge is -2.05. The number of carbonyl (C=O) groups excluding carboxylic acids is 1. The molecule has 2 N–H and O–H groups in total. The second kappa shape index (κ2) is 9.97. The van der Waals surface area contributed by atoms with Gasteiger partial charge in [0.05, 0.1) is 6.61 Å². The third-order valence-corrected chi connectivity index (χ3v) is 2.81. The molecule has 20 heavy (non-hydrogen) atoms. The van der Waals surface area contributed by atoms with Crippen molar-refractivity contribution in [2.24, 2.45) is 0 Å². The lowest BCUT2D eigenvalue weighted by molar-refractivity contribution is -0.137. The first-order chi connectivity index (χ1) is 9.68. The number of aliphatic carboxylic acids is 1. The van der Waals surface area contributed by atoms with Gasteiger partial charge in [0, 0.05) is 12.8 Å². The standard InChI is InChI=1S/C15H21NO4/c17-14(10-6-1-2-7-11-15(18)19)16-20-12-13-8-4-3-5-9-13/h3-5,8-9H,1-2,6-7,10-12H2,(H,16,17)(H,18,19). The van der Waals surface area contributed by atoms with Crippen LogP contribution in [0.5, 0.6) is 0 Å². The van der Waals surface area contributed by atoms with E-state index in [9.17, 15) is 9.59 Å². The molecule has 5 nitrogen and oxygen atoms in total. The minimum absolute atomic E-state index is 0.140. The summed E-state index contributed by atoms with van der Waals surface area (Å²) in [6, 6.07) is 9.60. The number of amides is 1. The molecule has 0 saturated carbocycles. The Balaban J connectivity index is 1.97. The summed E-state index contributed by atoms with van der Waals surface area (Å²) in [6.07, 6.45) is 3.72. The van der Waals surface area contributed by atoms with Gasteiger partial charge in [0.15, 0.2) is 0 Å². The Kier molecular flexibility index (Phi) is 8.07. The summed E-state index contributed by atoms with van der Waals surface area (Å²) in [5.41, 5.74) is 3.41. The van der Waals surface area contributed by atoms with Crippen LogP contribution in [-0.4, -0.2) is 17.0 Å². The van der Waals surface area contributed by atoms with Crippen LogP contribution < -0.4 is 5.48 Å². The Bertz CT molecular complexity index is 406. The van der Waals surface area contributed by atoms with E-state index in [1.807, 2.05) is 30.3 Å². The normalized spacial score (nSPS) is 10.2. The molecule has 0 atom stereocenters. The molecule has 0 aliphatic heterocycles. The maximum atomic E-state index is 11.4. The van der Waals surface area contributed by atoms with Gasteiger partial charge in [-0.1, -0.05) is 43.2 Å². The highest BCUT2D eigenvalue weighted by Crippen LogP contribution is 2.05. The average molecular weight is 279 g/mol. The third-order valence-electron chi connectivity index (χ3n) is 2.81. The molecule has 0 aliphatic carbocycles. The average Bonchev–Trinajstić information content (AvgIpc) is 2.43. The molecule has 0 aliphatic rings. The largest absolute Gasteiger partial charge is 0.481 e. The molecule has 5 heteroatoms. The summed E-state index contributed by atoms with van der Waals surface area (Å²) in [7, 11) is 0. The number of carboxylic acid groups (broad SMARTS) is 1. The van der Waals surface area contributed by atoms with Crippen LogP contribution >= 0.6 is 0 Å². The first kappa shape index (κ1) is 16.2. The van der Waals surface area contributed by atoms with Gasteiger partial charge < -0.3 is 5.11 Å². The van der Waals surface area contributed by atoms with Gasteiger partial charge in [-0.05, 0) is 18.4 Å². The monoisotopic (exact) mass is 279 g/mol. The molecule has 1 rings (SSSR count). The maximum Gasteiger partial charge on any atom is 0.303 e. The number of hydroxylamine groups is 1. The van der Waals surface area contributed by atoms with Crippen LogP contribution in [0, 0.1) is 0 Å². The first-order valence-electron chi connectivity index (χ1n) is 6.85. The van der Waals surface area contributed by atoms with E-state index in [1.54, 1.807) is 0 Å². The van der Waals surface area contributed by atoms with Crippen molar-refractivity contribution in [3.8, 4) is 0 Å². The van der Waals surface area contributed by atoms with Crippen LogP contribution in [0.1, 0.15) is 44.1 Å². The second-order valence-electron chi connectivity index (χ2n) is 4.61. The van der Waals surface area contributed by atoms with Crippen LogP contribution in [0.3, 0.4) is 0 Å². The van der Waals surface area contributed by atoms with Crippen LogP contribution in [0.2, 0.25) is 0 Å². The molecule has 1 aromatic rings. The number of unbranched alkanes of at least 4 members (excludes halogenated alkanes) is 3. The van der Waals surface area contributed by atoms with Crippen molar-refractivity contribution in [1.29, 1.82) is 0 Å². The molecule has 0 heterocycles. The zero-order valence-electron chi connectivity index (χ0n) is 11.5. The van der Waals surface area contributed by atoms with Crippen molar-refractivity contribution >= 4 is 11.9 Å². The molecule has 1 amide bonds. The number of carboxylic acids is 1. The van der Waals surface area contributed by atoms with Gasteiger partial charge in [0.1, 0.15) is 0 Å². The van der Waals surface area contributed by atoms with E-state index in [-0.39, 0.29) is 12.3 Å². The topological polar surface area (TPSA) is 75.6 Å². The zero-order chi connectivity index (χ0) is 14.6. The van der Waals surface area contributed by atoms with Crippen LogP contribution in [-0.2, 0) is 21.0 Å². The van der Waals surface area contributed by atoms with Gasteiger partial charge in [-0.25, -0.2) is 5.48 Å². The summed E-state index contributed by atoms with van der Waals surface area (Å²) in [6.45, 7) is 0.352. The van der Waals surface area contributed by atoms with E-state index in [0.29, 0.717) is 19.4 Å². The highest BCUT2D eigenvalue weighted by atomic mass is 16.6. The van der Waals surface area contributed by atoms with E-state index in [0.717, 1.165) is 24.8 Å². The zero-order valence-corrected chi connectivity index (χ0v) is 11.5. The van der Waals surface area contributed by atoms with Gasteiger partial charge >= 0.3 is 5.97 Å². The van der Waals surface area contributed by atoms with Crippen molar-refractivity contribution in [1.82, 2.24) is 5.48 Å². The van der Waals surface area contributed by atoms with Crippen molar-refractivity contribution in [3.05, 3.63) is 35.9 Å². The van der Waals surface area contributed by atoms with E-state index >= 15 is 0 Å². The van der Waals surface area contributed by atoms with Gasteiger partial charge in [0.25, 0.3) is 0 Å². The summed E-state index contributed by atoms with van der Waals surface area (Å²) in [4.78, 5) is 26.9. The quantitative estimate of drug-likeness (QED) is 0.510. The molecule has 0 unspecified atom stereocenters. The lowest BCUT2D eigenvalue weighted by atomic mass is 10.1. The predicted octanol–water partition coefficient (Wildman–Crippen LogP) is 2.66. The van der Waals surface area contributed by atoms with Gasteiger partial charge in [0.2, 0.25) is 5.91 Å². The minimum atomic E-state index is -0.767. The van der Waals surface area contributed by atoms with Crippen molar-refractivity contribution < 1.29 is 19.5 Å². The van der Waals surface area contributed by atoms with Crippen molar-refractivity contribution in [2.75, 3.05) is 0 Å². The maximum absolute atomic E-state index is 11.4. The van der Waals surface area contributed by atoms with E-state index in [4.69, 9.17) is 9.94 Å². The van der Waals surface area contributed by atoms with E-state index < -0.39 is 5.97 Å². The predicted molar refractivity (Wildman–Crippen MR) is 74.7 cm³/mol. The van der Waals surface area contributed by atoms with Crippen molar-refractivity contribution in [2.45, 2.75) is 45.1 Å². The Morgan fingerprint density at radius 1 is 1.00 bits per heavy atom. The van der Waals surface area contributed by atoms with E-state index in [2.05, 4.69) is 5.48 Å². The summed E-state index contributed by atoms with van der Waals surface area (Å²) < 4.78 is 0. The molecule has 0 radical (unpaired) electrons. The number of hydrogen-bond donors (Lipinski definition) is 2. The highest BCUT2D eigenvalue weighted by molar-refractivity contribution is 5.74. The van der Waals surface area contributed by atoms with Crippen LogP contribution in [0.15, 0.2) is 30.3 Å². The van der Waals surface area contributed by atoms with Crippen molar-refractivity contribution in [3.63, 3.8) is 0 Å². The smallest absolute Gasteiger partial charge is 0.303 e. The Morgan fingerprint density at radius 3 is 2.30 bits per heavy atom. The summed E-state index contributed by atoms with van der Waals surface area (Å²) in [5.74, 6) is -0.906. The SMILES string of the molecule is O=C(O)CCCCCCC(=O)NOCc1ccccc1. The number of benzene rings is 1. The molecule has 0 aromatic heterocycles. The Labute approximate surface area is 118 Å². The third kappa shape index (κ3) is 8.26. The second-order valence-corrected chi connectivity index (χ2v) is 4.61. The first-order valence-corrected chi connectivity index (χ1v) is 6.85. The number of hydrogen-bond acceptors (Lipinski definition) is 3. The van der Waals surface area contributed by atoms with E-state index in [1.165, 1.54) is 0 Å². The fraction of sp³-hybridized carbons (Fsp3) is 0.467. The van der Waals surface area contributed by atoms with Crippen LogP contribution in [0.4, 0.5) is 0 Å². The highest BCUT2D eigenvalue weighted by Gasteiger charge is 2.02. The molecule has 0 bridgehead atoms. The minimum Gasteiger partial charge on any atom is -0.481 e. The Morgan fingerprint density at radius 2 is 1.65 bits per heavy atom. The number of rotatable bonds is 10. The molecule has 110 valence electrons. The lowest BCUT2D eigenvalue weighted by Crippen LogP contribution is -2.23. The molecule has 0 spiro atoms. The molecule has 1 aromatic carbocycles. The van der Waals surface area contributed by atoms with Gasteiger partial charge in [-0.3, -0.25) is 14.4 Å². The van der Waals surface area contributed by atoms with Gasteiger partial charge in [-0.15, -0.1) is 0 Å². The Hall–Kier alpha value is -1.88. The fourth-order valence-electron chi connectivity index (χ4n) is 1.74. The van der Waals surface area contributed by atoms with Gasteiger partial charge in [-0.2, -0.15) is 0 Å². The molecule has 0 fully saturated rings. The summed E-state index contributed by atoms with van der Waals surface area (Å²) >= 11 is 0.